The lowest BCUT2D eigenvalue weighted by molar-refractivity contribution is -0.139. The molecule has 2 aromatic heterocycles. The Kier molecular flexibility index (Phi) is 5.40. The Hall–Kier alpha value is -2.88. The highest BCUT2D eigenvalue weighted by Gasteiger charge is 2.33. The van der Waals surface area contributed by atoms with Crippen LogP contribution < -0.4 is 24.4 Å². The van der Waals surface area contributed by atoms with Crippen molar-refractivity contribution in [3.63, 3.8) is 0 Å². The SMILES string of the molecule is CCOC(=O)C1=C(C)N=c2s/c(=C/c3cc4c(cc3Cl)OCO4)c(=O)n2[C@H]1c1cccs1. The molecule has 10 heteroatoms. The highest BCUT2D eigenvalue weighted by Crippen LogP contribution is 2.37. The Balaban J connectivity index is 1.70. The summed E-state index contributed by atoms with van der Waals surface area (Å²) >= 11 is 9.13. The van der Waals surface area contributed by atoms with Crippen molar-refractivity contribution in [3.05, 3.63) is 76.1 Å². The molecule has 0 saturated heterocycles. The van der Waals surface area contributed by atoms with Gasteiger partial charge < -0.3 is 14.2 Å². The second-order valence-electron chi connectivity index (χ2n) is 7.04. The van der Waals surface area contributed by atoms with Crippen LogP contribution in [0.3, 0.4) is 0 Å². The molecule has 0 unspecified atom stereocenters. The second kappa shape index (κ2) is 8.23. The highest BCUT2D eigenvalue weighted by atomic mass is 35.5. The number of allylic oxidation sites excluding steroid dienone is 1. The number of ether oxygens (including phenoxy) is 3. The predicted molar refractivity (Wildman–Crippen MR) is 122 cm³/mol. The number of esters is 1. The number of nitrogens with zero attached hydrogens (tertiary/aromatic N) is 2. The van der Waals surface area contributed by atoms with Gasteiger partial charge in [-0.3, -0.25) is 9.36 Å². The standard InChI is InChI=1S/C22H17ClN2O5S2/c1-3-28-21(27)18-11(2)24-22-25(19(18)16-5-4-6-31-16)20(26)17(32-22)8-12-7-14-15(9-13(12)23)30-10-29-14/h4-9,19H,3,10H2,1-2H3/b17-8+/t19-/m0/s1. The number of hydrogen-bond acceptors (Lipinski definition) is 8. The average molecular weight is 489 g/mol. The van der Waals surface area contributed by atoms with Crippen LogP contribution in [0, 0.1) is 0 Å². The van der Waals surface area contributed by atoms with Gasteiger partial charge in [-0.05, 0) is 43.0 Å². The largest absolute Gasteiger partial charge is 0.463 e. The van der Waals surface area contributed by atoms with Gasteiger partial charge in [0.1, 0.15) is 6.04 Å². The topological polar surface area (TPSA) is 79.1 Å². The number of fused-ring (bicyclic) bond motifs is 2. The fourth-order valence-electron chi connectivity index (χ4n) is 3.69. The molecule has 0 bridgehead atoms. The van der Waals surface area contributed by atoms with Gasteiger partial charge in [0.15, 0.2) is 16.3 Å². The van der Waals surface area contributed by atoms with Crippen LogP contribution in [0.5, 0.6) is 11.5 Å². The molecule has 0 saturated carbocycles. The molecule has 32 heavy (non-hydrogen) atoms. The lowest BCUT2D eigenvalue weighted by Gasteiger charge is -2.23. The van der Waals surface area contributed by atoms with Gasteiger partial charge in [-0.25, -0.2) is 9.79 Å². The number of rotatable bonds is 4. The summed E-state index contributed by atoms with van der Waals surface area (Å²) in [5.41, 5.74) is 1.29. The zero-order valence-corrected chi connectivity index (χ0v) is 19.5. The molecule has 1 aromatic carbocycles. The molecule has 0 spiro atoms. The molecule has 0 aliphatic carbocycles. The number of thiazole rings is 1. The van der Waals surface area contributed by atoms with E-state index in [2.05, 4.69) is 4.99 Å². The molecule has 164 valence electrons. The fourth-order valence-corrected chi connectivity index (χ4v) is 5.76. The lowest BCUT2D eigenvalue weighted by Crippen LogP contribution is -2.39. The Morgan fingerprint density at radius 1 is 1.38 bits per heavy atom. The Labute approximate surface area is 195 Å². The van der Waals surface area contributed by atoms with E-state index in [0.717, 1.165) is 4.88 Å². The van der Waals surface area contributed by atoms with Crippen LogP contribution in [0.4, 0.5) is 0 Å². The smallest absolute Gasteiger partial charge is 0.338 e. The highest BCUT2D eigenvalue weighted by molar-refractivity contribution is 7.10. The molecule has 4 heterocycles. The van der Waals surface area contributed by atoms with Crippen LogP contribution >= 0.6 is 34.3 Å². The Morgan fingerprint density at radius 2 is 2.16 bits per heavy atom. The summed E-state index contributed by atoms with van der Waals surface area (Å²) in [5, 5.41) is 2.36. The third kappa shape index (κ3) is 3.46. The minimum absolute atomic E-state index is 0.133. The van der Waals surface area contributed by atoms with E-state index in [4.69, 9.17) is 25.8 Å². The fraction of sp³-hybridized carbons (Fsp3) is 0.227. The van der Waals surface area contributed by atoms with Crippen molar-refractivity contribution in [3.8, 4) is 11.5 Å². The van der Waals surface area contributed by atoms with Crippen LogP contribution in [-0.2, 0) is 9.53 Å². The minimum Gasteiger partial charge on any atom is -0.463 e. The Bertz CT molecular complexity index is 1440. The zero-order valence-electron chi connectivity index (χ0n) is 17.1. The number of benzene rings is 1. The summed E-state index contributed by atoms with van der Waals surface area (Å²) in [6, 6.07) is 6.61. The van der Waals surface area contributed by atoms with Crippen molar-refractivity contribution < 1.29 is 19.0 Å². The van der Waals surface area contributed by atoms with E-state index in [1.54, 1.807) is 36.6 Å². The van der Waals surface area contributed by atoms with E-state index >= 15 is 0 Å². The summed E-state index contributed by atoms with van der Waals surface area (Å²) < 4.78 is 18.1. The van der Waals surface area contributed by atoms with Gasteiger partial charge in [0, 0.05) is 10.9 Å². The van der Waals surface area contributed by atoms with Gasteiger partial charge in [-0.15, -0.1) is 11.3 Å². The Morgan fingerprint density at radius 3 is 2.88 bits per heavy atom. The summed E-state index contributed by atoms with van der Waals surface area (Å²) in [6.07, 6.45) is 1.71. The number of hydrogen-bond donors (Lipinski definition) is 0. The molecule has 2 aliphatic heterocycles. The lowest BCUT2D eigenvalue weighted by atomic mass is 10.0. The van der Waals surface area contributed by atoms with Gasteiger partial charge in [-0.2, -0.15) is 0 Å². The molecular weight excluding hydrogens is 472 g/mol. The summed E-state index contributed by atoms with van der Waals surface area (Å²) in [6.45, 7) is 3.88. The summed E-state index contributed by atoms with van der Waals surface area (Å²) in [7, 11) is 0. The first-order valence-corrected chi connectivity index (χ1v) is 11.9. The van der Waals surface area contributed by atoms with E-state index in [-0.39, 0.29) is 19.0 Å². The van der Waals surface area contributed by atoms with Crippen molar-refractivity contribution >= 4 is 46.3 Å². The summed E-state index contributed by atoms with van der Waals surface area (Å²) in [5.74, 6) is 0.673. The number of carbonyl (C=O) groups excluding carboxylic acids is 1. The number of carbonyl (C=O) groups is 1. The maximum Gasteiger partial charge on any atom is 0.338 e. The molecule has 0 amide bonds. The van der Waals surface area contributed by atoms with Gasteiger partial charge >= 0.3 is 5.97 Å². The minimum atomic E-state index is -0.598. The maximum atomic E-state index is 13.5. The normalized spacial score (nSPS) is 17.3. The molecule has 3 aromatic rings. The van der Waals surface area contributed by atoms with Crippen LogP contribution in [0.25, 0.3) is 6.08 Å². The van der Waals surface area contributed by atoms with Crippen molar-refractivity contribution in [2.24, 2.45) is 4.99 Å². The average Bonchev–Trinajstić information content (AvgIpc) is 3.49. The monoisotopic (exact) mass is 488 g/mol. The molecule has 7 nitrogen and oxygen atoms in total. The maximum absolute atomic E-state index is 13.5. The van der Waals surface area contributed by atoms with Gasteiger partial charge in [0.2, 0.25) is 6.79 Å². The van der Waals surface area contributed by atoms with Crippen molar-refractivity contribution in [2.75, 3.05) is 13.4 Å². The molecule has 1 atom stereocenters. The first kappa shape index (κ1) is 21.0. The van der Waals surface area contributed by atoms with E-state index in [9.17, 15) is 9.59 Å². The van der Waals surface area contributed by atoms with Crippen molar-refractivity contribution in [1.29, 1.82) is 0 Å². The first-order valence-electron chi connectivity index (χ1n) is 9.80. The van der Waals surface area contributed by atoms with Gasteiger partial charge in [0.25, 0.3) is 5.56 Å². The van der Waals surface area contributed by atoms with E-state index in [1.807, 2.05) is 17.5 Å². The molecule has 2 aliphatic rings. The zero-order chi connectivity index (χ0) is 22.4. The van der Waals surface area contributed by atoms with Crippen LogP contribution in [0.1, 0.15) is 30.3 Å². The van der Waals surface area contributed by atoms with Gasteiger partial charge in [-0.1, -0.05) is 29.0 Å². The molecule has 5 rings (SSSR count). The van der Waals surface area contributed by atoms with Crippen molar-refractivity contribution in [1.82, 2.24) is 4.57 Å². The van der Waals surface area contributed by atoms with Crippen LogP contribution in [0.2, 0.25) is 5.02 Å². The molecule has 0 fully saturated rings. The third-order valence-corrected chi connectivity index (χ3v) is 7.34. The van der Waals surface area contributed by atoms with Crippen LogP contribution in [0.15, 0.2) is 50.7 Å². The van der Waals surface area contributed by atoms with E-state index in [1.165, 1.54) is 22.7 Å². The van der Waals surface area contributed by atoms with Gasteiger partial charge in [0.05, 0.1) is 27.4 Å². The summed E-state index contributed by atoms with van der Waals surface area (Å²) in [4.78, 5) is 32.2. The molecule has 0 radical (unpaired) electrons. The van der Waals surface area contributed by atoms with Crippen LogP contribution in [-0.4, -0.2) is 23.9 Å². The number of thiophene rings is 1. The molecule has 0 N–H and O–H groups in total. The number of aromatic nitrogens is 1. The first-order chi connectivity index (χ1) is 15.5. The number of halogens is 1. The second-order valence-corrected chi connectivity index (χ2v) is 9.44. The quantitative estimate of drug-likeness (QED) is 0.527. The predicted octanol–water partition coefficient (Wildman–Crippen LogP) is 3.24. The molecular formula is C22H17ClN2O5S2. The van der Waals surface area contributed by atoms with E-state index in [0.29, 0.717) is 42.7 Å². The van der Waals surface area contributed by atoms with Crippen molar-refractivity contribution in [2.45, 2.75) is 19.9 Å². The van der Waals surface area contributed by atoms with E-state index < -0.39 is 12.0 Å². The third-order valence-electron chi connectivity index (χ3n) is 5.11.